The highest BCUT2D eigenvalue weighted by atomic mass is 32.1. The van der Waals surface area contributed by atoms with Crippen molar-refractivity contribution in [3.8, 4) is 11.3 Å². The summed E-state index contributed by atoms with van der Waals surface area (Å²) in [5.74, 6) is -0.911. The van der Waals surface area contributed by atoms with Crippen molar-refractivity contribution >= 4 is 28.1 Å². The summed E-state index contributed by atoms with van der Waals surface area (Å²) in [7, 11) is 0. The second-order valence-corrected chi connectivity index (χ2v) is 7.23. The molecule has 0 aliphatic rings. The quantitative estimate of drug-likeness (QED) is 0.448. The van der Waals surface area contributed by atoms with Gasteiger partial charge >= 0.3 is 11.1 Å². The predicted molar refractivity (Wildman–Crippen MR) is 112 cm³/mol. The van der Waals surface area contributed by atoms with Gasteiger partial charge in [0.05, 0.1) is 5.56 Å². The molecular weight excluding hydrogens is 368 g/mol. The van der Waals surface area contributed by atoms with Gasteiger partial charge in [0.25, 0.3) is 0 Å². The minimum Gasteiger partial charge on any atom is -0.478 e. The van der Waals surface area contributed by atoms with E-state index in [1.54, 1.807) is 23.5 Å². The highest BCUT2D eigenvalue weighted by Crippen LogP contribution is 2.26. The van der Waals surface area contributed by atoms with Crippen LogP contribution in [-0.4, -0.2) is 11.1 Å². The molecule has 0 aliphatic carbocycles. The second kappa shape index (κ2) is 8.06. The smallest absolute Gasteiger partial charge is 0.339 e. The summed E-state index contributed by atoms with van der Waals surface area (Å²) in [6, 6.07) is 27.4. The first kappa shape index (κ1) is 17.9. The molecule has 0 saturated carbocycles. The third-order valence-electron chi connectivity index (χ3n) is 4.45. The molecule has 3 aromatic carbocycles. The zero-order valence-electron chi connectivity index (χ0n) is 15.1. The number of nitrogens with zero attached hydrogens (tertiary/aromatic N) is 1. The molecule has 0 aliphatic heterocycles. The van der Waals surface area contributed by atoms with Gasteiger partial charge in [-0.15, -0.1) is 0 Å². The first-order chi connectivity index (χ1) is 13.7. The van der Waals surface area contributed by atoms with Crippen LogP contribution in [0.3, 0.4) is 0 Å². The Morgan fingerprint density at radius 2 is 1.54 bits per heavy atom. The summed E-state index contributed by atoms with van der Waals surface area (Å²) in [6.07, 6.45) is 0. The average molecular weight is 387 g/mol. The Labute approximate surface area is 167 Å². The van der Waals surface area contributed by atoms with Gasteiger partial charge in [-0.1, -0.05) is 72.0 Å². The van der Waals surface area contributed by atoms with E-state index in [0.29, 0.717) is 12.1 Å². The van der Waals surface area contributed by atoms with E-state index in [9.17, 15) is 4.79 Å². The van der Waals surface area contributed by atoms with Crippen molar-refractivity contribution in [3.05, 3.63) is 101 Å². The largest absolute Gasteiger partial charge is 0.478 e. The van der Waals surface area contributed by atoms with Gasteiger partial charge in [-0.05, 0) is 29.8 Å². The molecule has 0 amide bonds. The number of aromatic nitrogens is 1. The topological polar surface area (TPSA) is 53.2 Å². The van der Waals surface area contributed by atoms with Gasteiger partial charge in [0.15, 0.2) is 0 Å². The molecule has 0 spiro atoms. The molecule has 4 rings (SSSR count). The van der Waals surface area contributed by atoms with Crippen molar-refractivity contribution in [3.63, 3.8) is 0 Å². The van der Waals surface area contributed by atoms with Crippen molar-refractivity contribution in [1.82, 2.24) is 0 Å². The molecular formula is C23H19N2O2S+. The number of hydrogen-bond donors (Lipinski definition) is 2. The lowest BCUT2D eigenvalue weighted by Gasteiger charge is -2.07. The molecule has 0 saturated heterocycles. The zero-order valence-corrected chi connectivity index (χ0v) is 15.9. The van der Waals surface area contributed by atoms with E-state index >= 15 is 0 Å². The first-order valence-corrected chi connectivity index (χ1v) is 9.80. The minimum atomic E-state index is -0.911. The molecule has 1 aromatic heterocycles. The Hall–Kier alpha value is -3.44. The number of benzene rings is 3. The summed E-state index contributed by atoms with van der Waals surface area (Å²) < 4.78 is 2.22. The van der Waals surface area contributed by atoms with Gasteiger partial charge in [-0.2, -0.15) is 0 Å². The van der Waals surface area contributed by atoms with Gasteiger partial charge in [-0.25, -0.2) is 14.7 Å². The van der Waals surface area contributed by atoms with Crippen LogP contribution in [0.25, 0.3) is 11.3 Å². The maximum absolute atomic E-state index is 11.1. The Bertz CT molecular complexity index is 1070. The van der Waals surface area contributed by atoms with Gasteiger partial charge in [0.2, 0.25) is 0 Å². The van der Waals surface area contributed by atoms with Gasteiger partial charge in [-0.3, -0.25) is 0 Å². The molecule has 4 aromatic rings. The third kappa shape index (κ3) is 3.94. The van der Waals surface area contributed by atoms with Crippen molar-refractivity contribution in [1.29, 1.82) is 0 Å². The molecule has 0 radical (unpaired) electrons. The maximum atomic E-state index is 11.1. The lowest BCUT2D eigenvalue weighted by atomic mass is 10.1. The number of anilines is 2. The van der Waals surface area contributed by atoms with Gasteiger partial charge < -0.3 is 5.11 Å². The highest BCUT2D eigenvalue weighted by molar-refractivity contribution is 7.13. The number of nitrogens with one attached hydrogen (secondary N) is 1. The second-order valence-electron chi connectivity index (χ2n) is 6.37. The van der Waals surface area contributed by atoms with Crippen LogP contribution in [0, 0.1) is 0 Å². The third-order valence-corrected chi connectivity index (χ3v) is 5.34. The molecule has 138 valence electrons. The molecule has 0 fully saturated rings. The standard InChI is InChI=1S/C23H18N2O2S/c26-22(27)19-13-11-17(12-14-19)15-25-21(18-7-3-1-4-8-18)16-28-23(25)24-20-9-5-2-6-10-20/h1-14,16H,15H2,(H,26,27)/p+1. The molecule has 4 nitrogen and oxygen atoms in total. The van der Waals surface area contributed by atoms with E-state index in [0.717, 1.165) is 27.6 Å². The summed E-state index contributed by atoms with van der Waals surface area (Å²) >= 11 is 1.65. The van der Waals surface area contributed by atoms with Crippen molar-refractivity contribution in [2.24, 2.45) is 0 Å². The maximum Gasteiger partial charge on any atom is 0.339 e. The van der Waals surface area contributed by atoms with Crippen LogP contribution in [0.4, 0.5) is 10.8 Å². The predicted octanol–water partition coefficient (Wildman–Crippen LogP) is 5.19. The Morgan fingerprint density at radius 3 is 2.18 bits per heavy atom. The van der Waals surface area contributed by atoms with Crippen LogP contribution in [0.5, 0.6) is 0 Å². The number of carbonyl (C=O) groups is 1. The molecule has 0 unspecified atom stereocenters. The van der Waals surface area contributed by atoms with Crippen LogP contribution >= 0.6 is 11.3 Å². The summed E-state index contributed by atoms with van der Waals surface area (Å²) in [4.78, 5) is 11.1. The van der Waals surface area contributed by atoms with Crippen LogP contribution in [0.15, 0.2) is 90.3 Å². The van der Waals surface area contributed by atoms with E-state index in [1.165, 1.54) is 0 Å². The molecule has 1 heterocycles. The number of carboxylic acids is 1. The Kier molecular flexibility index (Phi) is 5.17. The van der Waals surface area contributed by atoms with Crippen LogP contribution in [0.2, 0.25) is 0 Å². The van der Waals surface area contributed by atoms with Crippen molar-refractivity contribution < 1.29 is 14.5 Å². The fourth-order valence-electron chi connectivity index (χ4n) is 3.02. The summed E-state index contributed by atoms with van der Waals surface area (Å²) in [5.41, 5.74) is 4.62. The lowest BCUT2D eigenvalue weighted by Crippen LogP contribution is -2.37. The average Bonchev–Trinajstić information content (AvgIpc) is 3.12. The van der Waals surface area contributed by atoms with E-state index in [1.807, 2.05) is 60.7 Å². The molecule has 0 bridgehead atoms. The van der Waals surface area contributed by atoms with Gasteiger partial charge in [0, 0.05) is 10.9 Å². The number of carboxylic acid groups (broad SMARTS) is 1. The van der Waals surface area contributed by atoms with E-state index in [4.69, 9.17) is 5.11 Å². The van der Waals surface area contributed by atoms with Crippen LogP contribution in [-0.2, 0) is 6.54 Å². The van der Waals surface area contributed by atoms with E-state index in [-0.39, 0.29) is 0 Å². The SMILES string of the molecule is O=C(O)c1ccc(C[n+]2c(-c3ccccc3)csc2Nc2ccccc2)cc1. The van der Waals surface area contributed by atoms with Crippen molar-refractivity contribution in [2.45, 2.75) is 6.54 Å². The van der Waals surface area contributed by atoms with Crippen molar-refractivity contribution in [2.75, 3.05) is 5.32 Å². The normalized spacial score (nSPS) is 10.6. The van der Waals surface area contributed by atoms with Crippen LogP contribution < -0.4 is 9.88 Å². The van der Waals surface area contributed by atoms with Gasteiger partial charge in [0.1, 0.15) is 17.9 Å². The first-order valence-electron chi connectivity index (χ1n) is 8.92. The highest BCUT2D eigenvalue weighted by Gasteiger charge is 2.20. The Balaban J connectivity index is 1.71. The minimum absolute atomic E-state index is 0.296. The number of rotatable bonds is 6. The zero-order chi connectivity index (χ0) is 19.3. The monoisotopic (exact) mass is 387 g/mol. The summed E-state index contributed by atoms with van der Waals surface area (Å²) in [6.45, 7) is 0.642. The van der Waals surface area contributed by atoms with E-state index in [2.05, 4.69) is 27.4 Å². The van der Waals surface area contributed by atoms with Crippen LogP contribution in [0.1, 0.15) is 15.9 Å². The molecule has 28 heavy (non-hydrogen) atoms. The molecule has 5 heteroatoms. The molecule has 2 N–H and O–H groups in total. The number of hydrogen-bond acceptors (Lipinski definition) is 3. The lowest BCUT2D eigenvalue weighted by molar-refractivity contribution is -0.659. The molecule has 0 atom stereocenters. The number of thiazole rings is 1. The summed E-state index contributed by atoms with van der Waals surface area (Å²) in [5, 5.41) is 15.8. The number of aromatic carboxylic acids is 1. The fourth-order valence-corrected chi connectivity index (χ4v) is 3.97. The Morgan fingerprint density at radius 1 is 0.893 bits per heavy atom. The number of para-hydroxylation sites is 1. The van der Waals surface area contributed by atoms with E-state index < -0.39 is 5.97 Å². The fraction of sp³-hybridized carbons (Fsp3) is 0.0435.